The summed E-state index contributed by atoms with van der Waals surface area (Å²) in [6.07, 6.45) is 1.13. The topological polar surface area (TPSA) is 35.6 Å². The van der Waals surface area contributed by atoms with E-state index in [9.17, 15) is 4.79 Å². The summed E-state index contributed by atoms with van der Waals surface area (Å²) >= 11 is 0. The lowest BCUT2D eigenvalue weighted by Gasteiger charge is -2.27. The Balaban J connectivity index is 2.09. The first-order valence-electron chi connectivity index (χ1n) is 7.77. The lowest BCUT2D eigenvalue weighted by atomic mass is 10.1. The summed E-state index contributed by atoms with van der Waals surface area (Å²) in [5.74, 6) is 0.612. The number of rotatable bonds is 6. The molecule has 0 aliphatic carbocycles. The first-order valence-corrected chi connectivity index (χ1v) is 7.77. The molecular weight excluding hydrogens is 262 g/mol. The molecule has 116 valence electrons. The van der Waals surface area contributed by atoms with E-state index in [-0.39, 0.29) is 18.1 Å². The van der Waals surface area contributed by atoms with Gasteiger partial charge in [0.15, 0.2) is 0 Å². The second-order valence-corrected chi connectivity index (χ2v) is 6.39. The maximum atomic E-state index is 12.7. The van der Waals surface area contributed by atoms with Crippen molar-refractivity contribution in [3.63, 3.8) is 0 Å². The lowest BCUT2D eigenvalue weighted by molar-refractivity contribution is -0.130. The van der Waals surface area contributed by atoms with Crippen molar-refractivity contribution in [1.82, 2.24) is 15.1 Å². The quantitative estimate of drug-likeness (QED) is 0.871. The van der Waals surface area contributed by atoms with Crippen molar-refractivity contribution in [2.75, 3.05) is 27.2 Å². The van der Waals surface area contributed by atoms with Crippen LogP contribution in [0.1, 0.15) is 31.9 Å². The summed E-state index contributed by atoms with van der Waals surface area (Å²) in [7, 11) is 4.13. The summed E-state index contributed by atoms with van der Waals surface area (Å²) < 4.78 is 0. The number of hydrogen-bond donors (Lipinski definition) is 1. The monoisotopic (exact) mass is 289 g/mol. The minimum absolute atomic E-state index is 0.130. The van der Waals surface area contributed by atoms with Crippen LogP contribution in [0.25, 0.3) is 0 Å². The highest BCUT2D eigenvalue weighted by molar-refractivity contribution is 5.85. The van der Waals surface area contributed by atoms with Gasteiger partial charge in [0.05, 0.1) is 6.17 Å². The number of nitrogens with one attached hydrogen (secondary N) is 1. The normalized spacial score (nSPS) is 22.6. The molecule has 1 aromatic carbocycles. The van der Waals surface area contributed by atoms with E-state index in [0.717, 1.165) is 25.1 Å². The molecule has 4 heteroatoms. The Labute approximate surface area is 128 Å². The molecule has 2 atom stereocenters. The molecule has 2 rings (SSSR count). The lowest BCUT2D eigenvalue weighted by Crippen LogP contribution is -2.42. The Hall–Kier alpha value is -1.39. The van der Waals surface area contributed by atoms with Crippen LogP contribution in [-0.2, 0) is 4.79 Å². The van der Waals surface area contributed by atoms with E-state index in [1.54, 1.807) is 0 Å². The van der Waals surface area contributed by atoms with Crippen molar-refractivity contribution in [2.45, 2.75) is 32.5 Å². The average Bonchev–Trinajstić information content (AvgIpc) is 2.77. The zero-order chi connectivity index (χ0) is 15.4. The van der Waals surface area contributed by atoms with Crippen LogP contribution in [0.3, 0.4) is 0 Å². The molecule has 0 spiro atoms. The van der Waals surface area contributed by atoms with Crippen LogP contribution in [-0.4, -0.2) is 49.1 Å². The molecule has 0 radical (unpaired) electrons. The molecule has 2 unspecified atom stereocenters. The molecule has 1 amide bonds. The van der Waals surface area contributed by atoms with E-state index in [1.807, 2.05) is 35.2 Å². The summed E-state index contributed by atoms with van der Waals surface area (Å²) in [4.78, 5) is 16.9. The van der Waals surface area contributed by atoms with Crippen LogP contribution in [0, 0.1) is 5.92 Å². The summed E-state index contributed by atoms with van der Waals surface area (Å²) in [5, 5.41) is 3.51. The largest absolute Gasteiger partial charge is 0.325 e. The van der Waals surface area contributed by atoms with Crippen molar-refractivity contribution >= 4 is 5.91 Å². The van der Waals surface area contributed by atoms with Crippen LogP contribution in [0.5, 0.6) is 0 Å². The van der Waals surface area contributed by atoms with Crippen molar-refractivity contribution < 1.29 is 4.79 Å². The van der Waals surface area contributed by atoms with E-state index in [0.29, 0.717) is 5.92 Å². The van der Waals surface area contributed by atoms with E-state index in [4.69, 9.17) is 0 Å². The molecule has 21 heavy (non-hydrogen) atoms. The SMILES string of the molecule is CC(C)C1NC(c2ccccc2)C(=O)N1CCCN(C)C. The van der Waals surface area contributed by atoms with Gasteiger partial charge in [0, 0.05) is 6.54 Å². The fraction of sp³-hybridized carbons (Fsp3) is 0.588. The fourth-order valence-corrected chi connectivity index (χ4v) is 2.88. The predicted octanol–water partition coefficient (Wildman–Crippen LogP) is 2.09. The molecule has 0 aromatic heterocycles. The predicted molar refractivity (Wildman–Crippen MR) is 85.8 cm³/mol. The Morgan fingerprint density at radius 1 is 1.24 bits per heavy atom. The molecule has 1 aliphatic rings. The second kappa shape index (κ2) is 7.05. The molecule has 4 nitrogen and oxygen atoms in total. The Morgan fingerprint density at radius 3 is 2.48 bits per heavy atom. The van der Waals surface area contributed by atoms with Crippen molar-refractivity contribution in [1.29, 1.82) is 0 Å². The molecule has 1 saturated heterocycles. The first-order chi connectivity index (χ1) is 10.0. The summed E-state index contributed by atoms with van der Waals surface area (Å²) in [6.45, 7) is 6.15. The number of carbonyl (C=O) groups excluding carboxylic acids is 1. The van der Waals surface area contributed by atoms with E-state index >= 15 is 0 Å². The molecular formula is C17H27N3O. The van der Waals surface area contributed by atoms with Gasteiger partial charge in [-0.25, -0.2) is 0 Å². The third-order valence-corrected chi connectivity index (χ3v) is 3.97. The van der Waals surface area contributed by atoms with Gasteiger partial charge in [0.1, 0.15) is 6.04 Å². The van der Waals surface area contributed by atoms with E-state index in [1.165, 1.54) is 0 Å². The third kappa shape index (κ3) is 3.83. The zero-order valence-electron chi connectivity index (χ0n) is 13.5. The van der Waals surface area contributed by atoms with E-state index < -0.39 is 0 Å². The fourth-order valence-electron chi connectivity index (χ4n) is 2.88. The van der Waals surface area contributed by atoms with Crippen LogP contribution in [0.2, 0.25) is 0 Å². The van der Waals surface area contributed by atoms with Crippen molar-refractivity contribution in [3.05, 3.63) is 35.9 Å². The van der Waals surface area contributed by atoms with Gasteiger partial charge in [-0.1, -0.05) is 44.2 Å². The van der Waals surface area contributed by atoms with Gasteiger partial charge >= 0.3 is 0 Å². The first kappa shape index (κ1) is 16.0. The van der Waals surface area contributed by atoms with Crippen LogP contribution in [0.15, 0.2) is 30.3 Å². The van der Waals surface area contributed by atoms with Gasteiger partial charge in [-0.15, -0.1) is 0 Å². The molecule has 0 saturated carbocycles. The Bertz CT molecular complexity index is 458. The summed E-state index contributed by atoms with van der Waals surface area (Å²) in [6, 6.07) is 9.81. The van der Waals surface area contributed by atoms with Crippen LogP contribution in [0.4, 0.5) is 0 Å². The molecule has 1 aromatic rings. The van der Waals surface area contributed by atoms with Gasteiger partial charge < -0.3 is 9.80 Å². The number of amides is 1. The van der Waals surface area contributed by atoms with Gasteiger partial charge in [-0.05, 0) is 38.5 Å². The highest BCUT2D eigenvalue weighted by atomic mass is 16.2. The molecule has 1 fully saturated rings. The third-order valence-electron chi connectivity index (χ3n) is 3.97. The van der Waals surface area contributed by atoms with Gasteiger partial charge in [0.2, 0.25) is 5.91 Å². The van der Waals surface area contributed by atoms with Gasteiger partial charge in [0.25, 0.3) is 0 Å². The highest BCUT2D eigenvalue weighted by Crippen LogP contribution is 2.27. The number of nitrogens with zero attached hydrogens (tertiary/aromatic N) is 2. The van der Waals surface area contributed by atoms with Crippen molar-refractivity contribution in [3.8, 4) is 0 Å². The van der Waals surface area contributed by atoms with E-state index in [2.05, 4.69) is 38.2 Å². The number of carbonyl (C=O) groups is 1. The molecule has 1 aliphatic heterocycles. The Kier molecular flexibility index (Phi) is 5.37. The van der Waals surface area contributed by atoms with Crippen molar-refractivity contribution in [2.24, 2.45) is 5.92 Å². The maximum absolute atomic E-state index is 12.7. The van der Waals surface area contributed by atoms with Gasteiger partial charge in [-0.2, -0.15) is 0 Å². The molecule has 0 bridgehead atoms. The summed E-state index contributed by atoms with van der Waals surface area (Å²) in [5.41, 5.74) is 1.06. The second-order valence-electron chi connectivity index (χ2n) is 6.39. The maximum Gasteiger partial charge on any atom is 0.245 e. The number of benzene rings is 1. The van der Waals surface area contributed by atoms with Crippen LogP contribution < -0.4 is 5.32 Å². The number of hydrogen-bond acceptors (Lipinski definition) is 3. The van der Waals surface area contributed by atoms with Crippen LogP contribution >= 0.6 is 0 Å². The molecule has 1 heterocycles. The van der Waals surface area contributed by atoms with Gasteiger partial charge in [-0.3, -0.25) is 10.1 Å². The minimum Gasteiger partial charge on any atom is -0.325 e. The smallest absolute Gasteiger partial charge is 0.245 e. The molecule has 1 N–H and O–H groups in total. The average molecular weight is 289 g/mol. The Morgan fingerprint density at radius 2 is 1.90 bits per heavy atom. The standard InChI is InChI=1S/C17H27N3O/c1-13(2)16-18-15(14-9-6-5-7-10-14)17(21)20(16)12-8-11-19(3)4/h5-7,9-10,13,15-16,18H,8,11-12H2,1-4H3. The minimum atomic E-state index is -0.196. The highest BCUT2D eigenvalue weighted by Gasteiger charge is 2.40. The zero-order valence-corrected chi connectivity index (χ0v) is 13.5.